The molecule has 8 heteroatoms. The van der Waals surface area contributed by atoms with Crippen molar-refractivity contribution in [1.82, 2.24) is 5.16 Å². The number of benzene rings is 1. The Balaban J connectivity index is 1.97. The molecule has 0 atom stereocenters. The smallest absolute Gasteiger partial charge is 0.342 e. The minimum Gasteiger partial charge on any atom is -0.497 e. The van der Waals surface area contributed by atoms with Crippen LogP contribution >= 0.6 is 0 Å². The molecule has 0 unspecified atom stereocenters. The summed E-state index contributed by atoms with van der Waals surface area (Å²) in [6.07, 6.45) is 0. The van der Waals surface area contributed by atoms with Crippen molar-refractivity contribution in [1.29, 1.82) is 0 Å². The summed E-state index contributed by atoms with van der Waals surface area (Å²) in [5, 5.41) is 6.39. The number of ether oxygens (including phenoxy) is 3. The number of nitrogens with zero attached hydrogens (tertiary/aromatic N) is 1. The highest BCUT2D eigenvalue weighted by Gasteiger charge is 2.20. The minimum atomic E-state index is -0.705. The second-order valence-electron chi connectivity index (χ2n) is 6.52. The van der Waals surface area contributed by atoms with Crippen LogP contribution < -0.4 is 14.8 Å². The van der Waals surface area contributed by atoms with Crippen LogP contribution in [0.1, 0.15) is 36.8 Å². The van der Waals surface area contributed by atoms with E-state index in [-0.39, 0.29) is 16.9 Å². The normalized spacial score (nSPS) is 11.0. The van der Waals surface area contributed by atoms with Gasteiger partial charge in [-0.05, 0) is 18.2 Å². The van der Waals surface area contributed by atoms with Crippen molar-refractivity contribution in [2.75, 3.05) is 26.1 Å². The van der Waals surface area contributed by atoms with Crippen LogP contribution in [0.2, 0.25) is 0 Å². The van der Waals surface area contributed by atoms with Crippen molar-refractivity contribution in [3.05, 3.63) is 35.5 Å². The van der Waals surface area contributed by atoms with E-state index in [0.29, 0.717) is 17.2 Å². The lowest BCUT2D eigenvalue weighted by Gasteiger charge is -2.12. The zero-order valence-electron chi connectivity index (χ0n) is 15.4. The van der Waals surface area contributed by atoms with E-state index in [2.05, 4.69) is 10.5 Å². The maximum Gasteiger partial charge on any atom is 0.342 e. The third-order valence-electron chi connectivity index (χ3n) is 3.50. The van der Waals surface area contributed by atoms with Gasteiger partial charge in [0.1, 0.15) is 17.1 Å². The molecule has 1 N–H and O–H groups in total. The van der Waals surface area contributed by atoms with E-state index < -0.39 is 18.5 Å². The number of nitrogens with one attached hydrogen (secondary N) is 1. The summed E-state index contributed by atoms with van der Waals surface area (Å²) in [5.41, 5.74) is 0.655. The fourth-order valence-electron chi connectivity index (χ4n) is 2.04. The molecule has 1 amide bonds. The van der Waals surface area contributed by atoms with Crippen LogP contribution in [0.25, 0.3) is 0 Å². The molecule has 0 saturated heterocycles. The van der Waals surface area contributed by atoms with E-state index >= 15 is 0 Å². The maximum absolute atomic E-state index is 12.2. The summed E-state index contributed by atoms with van der Waals surface area (Å²) in [6.45, 7) is 5.43. The number of anilines is 1. The van der Waals surface area contributed by atoms with Crippen molar-refractivity contribution in [2.45, 2.75) is 26.2 Å². The third-order valence-corrected chi connectivity index (χ3v) is 3.50. The Morgan fingerprint density at radius 3 is 2.46 bits per heavy atom. The van der Waals surface area contributed by atoms with Gasteiger partial charge in [0.05, 0.1) is 19.9 Å². The molecule has 1 aromatic carbocycles. The lowest BCUT2D eigenvalue weighted by atomic mass is 9.92. The van der Waals surface area contributed by atoms with E-state index in [1.54, 1.807) is 18.2 Å². The number of hydrogen-bond acceptors (Lipinski definition) is 7. The predicted molar refractivity (Wildman–Crippen MR) is 93.7 cm³/mol. The zero-order chi connectivity index (χ0) is 19.3. The molecule has 0 fully saturated rings. The van der Waals surface area contributed by atoms with Crippen molar-refractivity contribution < 1.29 is 28.3 Å². The quantitative estimate of drug-likeness (QED) is 0.789. The van der Waals surface area contributed by atoms with E-state index in [4.69, 9.17) is 18.7 Å². The van der Waals surface area contributed by atoms with Crippen LogP contribution in [0.3, 0.4) is 0 Å². The van der Waals surface area contributed by atoms with Crippen LogP contribution in [-0.4, -0.2) is 37.9 Å². The third kappa shape index (κ3) is 4.75. The van der Waals surface area contributed by atoms with Gasteiger partial charge in [-0.3, -0.25) is 10.1 Å². The van der Waals surface area contributed by atoms with Crippen LogP contribution in [-0.2, 0) is 14.9 Å². The van der Waals surface area contributed by atoms with Crippen molar-refractivity contribution in [3.63, 3.8) is 0 Å². The number of amides is 1. The molecule has 0 aliphatic carbocycles. The molecule has 0 aliphatic rings. The topological polar surface area (TPSA) is 99.9 Å². The highest BCUT2D eigenvalue weighted by atomic mass is 16.5. The lowest BCUT2D eigenvalue weighted by Crippen LogP contribution is -2.21. The summed E-state index contributed by atoms with van der Waals surface area (Å²) in [7, 11) is 2.91. The molecular formula is C18H22N2O6. The average Bonchev–Trinajstić information content (AvgIpc) is 3.07. The van der Waals surface area contributed by atoms with Crippen LogP contribution in [0, 0.1) is 0 Å². The monoisotopic (exact) mass is 362 g/mol. The first-order valence-electron chi connectivity index (χ1n) is 7.91. The molecule has 8 nitrogen and oxygen atoms in total. The number of esters is 1. The second kappa shape index (κ2) is 7.90. The SMILES string of the molecule is COc1ccc(OC)c(C(=O)OCC(=O)Nc2cc(C(C)(C)C)no2)c1. The average molecular weight is 362 g/mol. The molecule has 0 spiro atoms. The van der Waals surface area contributed by atoms with Crippen molar-refractivity contribution in [2.24, 2.45) is 0 Å². The first-order valence-corrected chi connectivity index (χ1v) is 7.91. The number of carbonyl (C=O) groups excluding carboxylic acids is 2. The van der Waals surface area contributed by atoms with Gasteiger partial charge in [-0.25, -0.2) is 4.79 Å². The van der Waals surface area contributed by atoms with Gasteiger partial charge in [0, 0.05) is 11.5 Å². The number of methoxy groups -OCH3 is 2. The molecule has 0 aliphatic heterocycles. The predicted octanol–water partition coefficient (Wildman–Crippen LogP) is 2.78. The number of aromatic nitrogens is 1. The Kier molecular flexibility index (Phi) is 5.86. The Labute approximate surface area is 151 Å². The van der Waals surface area contributed by atoms with Gasteiger partial charge in [0.2, 0.25) is 5.88 Å². The zero-order valence-corrected chi connectivity index (χ0v) is 15.4. The molecular weight excluding hydrogens is 340 g/mol. The van der Waals surface area contributed by atoms with Crippen LogP contribution in [0.4, 0.5) is 5.88 Å². The van der Waals surface area contributed by atoms with Gasteiger partial charge in [-0.15, -0.1) is 0 Å². The Hall–Kier alpha value is -3.03. The Morgan fingerprint density at radius 1 is 1.15 bits per heavy atom. The summed E-state index contributed by atoms with van der Waals surface area (Å²) < 4.78 is 20.3. The van der Waals surface area contributed by atoms with Gasteiger partial charge >= 0.3 is 5.97 Å². The summed E-state index contributed by atoms with van der Waals surface area (Å²) in [6, 6.07) is 6.34. The van der Waals surface area contributed by atoms with E-state index in [0.717, 1.165) is 0 Å². The Morgan fingerprint density at radius 2 is 1.88 bits per heavy atom. The number of carbonyl (C=O) groups is 2. The molecule has 0 radical (unpaired) electrons. The maximum atomic E-state index is 12.2. The first kappa shape index (κ1) is 19.3. The standard InChI is InChI=1S/C18H22N2O6/c1-18(2,3)14-9-16(26-20-14)19-15(21)10-25-17(22)12-8-11(23-4)6-7-13(12)24-5/h6-9H,10H2,1-5H3,(H,19,21). The molecule has 2 aromatic rings. The molecule has 2 rings (SSSR count). The molecule has 1 heterocycles. The number of rotatable bonds is 6. The van der Waals surface area contributed by atoms with Crippen LogP contribution in [0.15, 0.2) is 28.8 Å². The Bertz CT molecular complexity index is 791. The molecule has 26 heavy (non-hydrogen) atoms. The fraction of sp³-hybridized carbons (Fsp3) is 0.389. The fourth-order valence-corrected chi connectivity index (χ4v) is 2.04. The largest absolute Gasteiger partial charge is 0.497 e. The van der Waals surface area contributed by atoms with Gasteiger partial charge < -0.3 is 18.7 Å². The van der Waals surface area contributed by atoms with E-state index in [1.165, 1.54) is 20.3 Å². The summed E-state index contributed by atoms with van der Waals surface area (Å²) in [5.74, 6) is -0.268. The van der Waals surface area contributed by atoms with Crippen LogP contribution in [0.5, 0.6) is 11.5 Å². The second-order valence-corrected chi connectivity index (χ2v) is 6.52. The molecule has 0 saturated carbocycles. The molecule has 140 valence electrons. The summed E-state index contributed by atoms with van der Waals surface area (Å²) >= 11 is 0. The first-order chi connectivity index (χ1) is 12.2. The van der Waals surface area contributed by atoms with Gasteiger partial charge in [0.15, 0.2) is 6.61 Å². The summed E-state index contributed by atoms with van der Waals surface area (Å²) in [4.78, 5) is 24.2. The van der Waals surface area contributed by atoms with Gasteiger partial charge in [-0.1, -0.05) is 25.9 Å². The highest BCUT2D eigenvalue weighted by molar-refractivity contribution is 5.96. The van der Waals surface area contributed by atoms with Crippen molar-refractivity contribution >= 4 is 17.8 Å². The number of hydrogen-bond donors (Lipinski definition) is 1. The van der Waals surface area contributed by atoms with E-state index in [1.807, 2.05) is 20.8 Å². The lowest BCUT2D eigenvalue weighted by molar-refractivity contribution is -0.119. The highest BCUT2D eigenvalue weighted by Crippen LogP contribution is 2.25. The molecule has 0 bridgehead atoms. The van der Waals surface area contributed by atoms with Crippen molar-refractivity contribution in [3.8, 4) is 11.5 Å². The van der Waals surface area contributed by atoms with Gasteiger partial charge in [-0.2, -0.15) is 0 Å². The van der Waals surface area contributed by atoms with Gasteiger partial charge in [0.25, 0.3) is 5.91 Å². The minimum absolute atomic E-state index is 0.161. The van der Waals surface area contributed by atoms with E-state index in [9.17, 15) is 9.59 Å². The molecule has 1 aromatic heterocycles.